The zero-order chi connectivity index (χ0) is 15.7. The smallest absolute Gasteiger partial charge is 0.133 e. The van der Waals surface area contributed by atoms with E-state index in [-0.39, 0.29) is 11.5 Å². The van der Waals surface area contributed by atoms with Crippen molar-refractivity contribution in [2.45, 2.75) is 78.2 Å². The monoisotopic (exact) mass is 304 g/mol. The van der Waals surface area contributed by atoms with Crippen molar-refractivity contribution in [3.8, 4) is 0 Å². The van der Waals surface area contributed by atoms with Gasteiger partial charge in [-0.05, 0) is 78.9 Å². The number of carbonyl (C=O) groups is 1. The quantitative estimate of drug-likeness (QED) is 0.728. The molecule has 4 fully saturated rings. The van der Waals surface area contributed by atoms with Gasteiger partial charge in [0.2, 0.25) is 0 Å². The highest BCUT2D eigenvalue weighted by Gasteiger charge is 2.61. The topological polar surface area (TPSA) is 37.3 Å². The average molecular weight is 304 g/mol. The summed E-state index contributed by atoms with van der Waals surface area (Å²) in [5.74, 6) is 4.11. The summed E-state index contributed by atoms with van der Waals surface area (Å²) in [6.45, 7) is 7.26. The standard InChI is InChI=1S/C20H32O2/c1-12-10-14-15-4-5-18(22)20(15,3)9-7-16(14)19(2)8-6-13(21)11-17(12)19/h12,14-18,22H,4-11H2,1-3H3/t12-,14?,15?,16?,17?,18-,19+,20-/m0/s1. The Morgan fingerprint density at radius 2 is 1.73 bits per heavy atom. The lowest BCUT2D eigenvalue weighted by atomic mass is 9.43. The number of hydrogen-bond acceptors (Lipinski definition) is 2. The van der Waals surface area contributed by atoms with Gasteiger partial charge < -0.3 is 5.11 Å². The first-order chi connectivity index (χ1) is 10.4. The maximum absolute atomic E-state index is 12.0. The van der Waals surface area contributed by atoms with Gasteiger partial charge >= 0.3 is 0 Å². The molecule has 124 valence electrons. The van der Waals surface area contributed by atoms with Gasteiger partial charge in [-0.1, -0.05) is 20.8 Å². The lowest BCUT2D eigenvalue weighted by Crippen LogP contribution is -2.56. The maximum Gasteiger partial charge on any atom is 0.133 e. The summed E-state index contributed by atoms with van der Waals surface area (Å²) in [4.78, 5) is 12.0. The van der Waals surface area contributed by atoms with Crippen LogP contribution in [0.5, 0.6) is 0 Å². The zero-order valence-corrected chi connectivity index (χ0v) is 14.5. The van der Waals surface area contributed by atoms with Crippen molar-refractivity contribution in [3.63, 3.8) is 0 Å². The summed E-state index contributed by atoms with van der Waals surface area (Å²) in [5.41, 5.74) is 0.555. The van der Waals surface area contributed by atoms with Crippen LogP contribution in [0.25, 0.3) is 0 Å². The minimum atomic E-state index is -0.0766. The van der Waals surface area contributed by atoms with Crippen LogP contribution >= 0.6 is 0 Å². The molecular weight excluding hydrogens is 272 g/mol. The Hall–Kier alpha value is -0.370. The molecular formula is C20H32O2. The summed E-state index contributed by atoms with van der Waals surface area (Å²) in [6, 6.07) is 0. The molecule has 0 heterocycles. The molecule has 4 aliphatic carbocycles. The van der Waals surface area contributed by atoms with E-state index in [1.54, 1.807) is 0 Å². The second kappa shape index (κ2) is 4.82. The molecule has 0 aliphatic heterocycles. The first-order valence-electron chi connectivity index (χ1n) is 9.56. The van der Waals surface area contributed by atoms with Crippen LogP contribution in [0.3, 0.4) is 0 Å². The lowest BCUT2D eigenvalue weighted by Gasteiger charge is -2.61. The van der Waals surface area contributed by atoms with Gasteiger partial charge in [0.05, 0.1) is 6.10 Å². The Balaban J connectivity index is 1.68. The van der Waals surface area contributed by atoms with E-state index in [2.05, 4.69) is 20.8 Å². The minimum absolute atomic E-state index is 0.0766. The van der Waals surface area contributed by atoms with Gasteiger partial charge in [-0.3, -0.25) is 4.79 Å². The van der Waals surface area contributed by atoms with Crippen LogP contribution in [0.1, 0.15) is 72.1 Å². The van der Waals surface area contributed by atoms with Crippen LogP contribution in [0.15, 0.2) is 0 Å². The number of rotatable bonds is 0. The van der Waals surface area contributed by atoms with Crippen molar-refractivity contribution in [2.24, 2.45) is 40.4 Å². The van der Waals surface area contributed by atoms with Gasteiger partial charge in [-0.15, -0.1) is 0 Å². The van der Waals surface area contributed by atoms with Gasteiger partial charge in [-0.2, -0.15) is 0 Å². The Labute approximate surface area is 135 Å². The second-order valence-electron chi connectivity index (χ2n) is 9.58. The molecule has 0 aromatic rings. The fourth-order valence-electron chi connectivity index (χ4n) is 7.49. The molecule has 0 amide bonds. The van der Waals surface area contributed by atoms with E-state index >= 15 is 0 Å². The molecule has 0 aromatic carbocycles. The predicted molar refractivity (Wildman–Crippen MR) is 87.3 cm³/mol. The molecule has 8 atom stereocenters. The highest BCUT2D eigenvalue weighted by molar-refractivity contribution is 5.79. The number of Topliss-reactive ketones (excluding diaryl/α,β-unsaturated/α-hetero) is 1. The normalized spacial score (nSPS) is 57.9. The predicted octanol–water partition coefficient (Wildman–Crippen LogP) is 4.21. The fourth-order valence-corrected chi connectivity index (χ4v) is 7.49. The Bertz CT molecular complexity index is 486. The van der Waals surface area contributed by atoms with Crippen LogP contribution in [0.4, 0.5) is 0 Å². The molecule has 22 heavy (non-hydrogen) atoms. The van der Waals surface area contributed by atoms with Crippen molar-refractivity contribution >= 4 is 5.78 Å². The number of fused-ring (bicyclic) bond motifs is 5. The number of hydrogen-bond donors (Lipinski definition) is 1. The lowest BCUT2D eigenvalue weighted by molar-refractivity contribution is -0.152. The van der Waals surface area contributed by atoms with Crippen LogP contribution in [-0.2, 0) is 4.79 Å². The molecule has 0 spiro atoms. The van der Waals surface area contributed by atoms with Crippen molar-refractivity contribution in [1.29, 1.82) is 0 Å². The van der Waals surface area contributed by atoms with Crippen molar-refractivity contribution in [1.82, 2.24) is 0 Å². The van der Waals surface area contributed by atoms with E-state index in [9.17, 15) is 9.90 Å². The molecule has 2 nitrogen and oxygen atoms in total. The number of aliphatic hydroxyl groups is 1. The molecule has 1 N–H and O–H groups in total. The molecule has 4 rings (SSSR count). The molecule has 0 aromatic heterocycles. The molecule has 0 radical (unpaired) electrons. The van der Waals surface area contributed by atoms with Gasteiger partial charge in [0.25, 0.3) is 0 Å². The van der Waals surface area contributed by atoms with E-state index < -0.39 is 0 Å². The third-order valence-electron chi connectivity index (χ3n) is 8.80. The van der Waals surface area contributed by atoms with Gasteiger partial charge in [0, 0.05) is 12.8 Å². The number of aliphatic hydroxyl groups excluding tert-OH is 1. The summed E-state index contributed by atoms with van der Waals surface area (Å²) in [6.07, 6.45) is 8.71. The van der Waals surface area contributed by atoms with E-state index in [1.807, 2.05) is 0 Å². The molecule has 2 heteroatoms. The Kier molecular flexibility index (Phi) is 3.32. The van der Waals surface area contributed by atoms with Crippen LogP contribution in [0, 0.1) is 40.4 Å². The van der Waals surface area contributed by atoms with Crippen molar-refractivity contribution < 1.29 is 9.90 Å². The minimum Gasteiger partial charge on any atom is -0.393 e. The van der Waals surface area contributed by atoms with E-state index in [1.165, 1.54) is 25.7 Å². The third kappa shape index (κ3) is 1.85. The summed E-state index contributed by atoms with van der Waals surface area (Å²) in [5, 5.41) is 10.5. The van der Waals surface area contributed by atoms with Crippen molar-refractivity contribution in [2.75, 3.05) is 0 Å². The highest BCUT2D eigenvalue weighted by atomic mass is 16.3. The number of carbonyl (C=O) groups excluding carboxylic acids is 1. The Morgan fingerprint density at radius 1 is 1.00 bits per heavy atom. The largest absolute Gasteiger partial charge is 0.393 e. The SMILES string of the molecule is C[C@H]1CC2C(CC[C@@]3(C)C2CC[C@@H]3O)[C@@]2(C)CCC(=O)CC12. The average Bonchev–Trinajstić information content (AvgIpc) is 2.77. The van der Waals surface area contributed by atoms with E-state index in [0.29, 0.717) is 23.0 Å². The summed E-state index contributed by atoms with van der Waals surface area (Å²) < 4.78 is 0. The number of ketones is 1. The zero-order valence-electron chi connectivity index (χ0n) is 14.5. The molecule has 4 aliphatic rings. The second-order valence-corrected chi connectivity index (χ2v) is 9.58. The van der Waals surface area contributed by atoms with E-state index in [4.69, 9.17) is 0 Å². The van der Waals surface area contributed by atoms with Gasteiger partial charge in [0.15, 0.2) is 0 Å². The molecule has 0 saturated heterocycles. The first-order valence-corrected chi connectivity index (χ1v) is 9.56. The summed E-state index contributed by atoms with van der Waals surface area (Å²) >= 11 is 0. The molecule has 4 unspecified atom stereocenters. The fraction of sp³-hybridized carbons (Fsp3) is 0.950. The molecule has 0 bridgehead atoms. The Morgan fingerprint density at radius 3 is 2.50 bits per heavy atom. The van der Waals surface area contributed by atoms with E-state index in [0.717, 1.165) is 43.4 Å². The highest BCUT2D eigenvalue weighted by Crippen LogP contribution is 2.66. The molecule has 4 saturated carbocycles. The third-order valence-corrected chi connectivity index (χ3v) is 8.80. The van der Waals surface area contributed by atoms with Gasteiger partial charge in [-0.25, -0.2) is 0 Å². The van der Waals surface area contributed by atoms with Gasteiger partial charge in [0.1, 0.15) is 5.78 Å². The maximum atomic E-state index is 12.0. The van der Waals surface area contributed by atoms with Crippen LogP contribution < -0.4 is 0 Å². The van der Waals surface area contributed by atoms with Crippen LogP contribution in [0.2, 0.25) is 0 Å². The summed E-state index contributed by atoms with van der Waals surface area (Å²) in [7, 11) is 0. The van der Waals surface area contributed by atoms with Crippen LogP contribution in [-0.4, -0.2) is 17.0 Å². The van der Waals surface area contributed by atoms with Crippen molar-refractivity contribution in [3.05, 3.63) is 0 Å². The first kappa shape index (κ1) is 15.2.